The quantitative estimate of drug-likeness (QED) is 0.485. The van der Waals surface area contributed by atoms with Gasteiger partial charge in [0.15, 0.2) is 0 Å². The topological polar surface area (TPSA) is 21.3 Å². The summed E-state index contributed by atoms with van der Waals surface area (Å²) in [5.74, 6) is 0.812. The van der Waals surface area contributed by atoms with Gasteiger partial charge in [-0.3, -0.25) is 0 Å². The Kier molecular flexibility index (Phi) is 6.43. The third-order valence-electron chi connectivity index (χ3n) is 4.19. The summed E-state index contributed by atoms with van der Waals surface area (Å²) in [6, 6.07) is 22.0. The molecule has 0 fully saturated rings. The molecule has 1 N–H and O–H groups in total. The Morgan fingerprint density at radius 3 is 2.19 bits per heavy atom. The van der Waals surface area contributed by atoms with E-state index >= 15 is 0 Å². The van der Waals surface area contributed by atoms with Gasteiger partial charge >= 0.3 is 0 Å². The molecule has 0 radical (unpaired) electrons. The first-order valence-corrected chi connectivity index (χ1v) is 9.38. The number of benzene rings is 3. The normalized spacial score (nSPS) is 10.6. The van der Waals surface area contributed by atoms with E-state index in [2.05, 4.69) is 48.6 Å². The first kappa shape index (κ1) is 18.6. The monoisotopic (exact) mass is 385 g/mol. The molecule has 0 bridgehead atoms. The number of hydrogen-bond acceptors (Lipinski definition) is 2. The zero-order valence-electron chi connectivity index (χ0n) is 14.6. The van der Waals surface area contributed by atoms with Crippen molar-refractivity contribution in [3.63, 3.8) is 0 Å². The zero-order chi connectivity index (χ0) is 18.4. The van der Waals surface area contributed by atoms with Gasteiger partial charge in [-0.25, -0.2) is 0 Å². The second-order valence-electron chi connectivity index (χ2n) is 6.07. The van der Waals surface area contributed by atoms with E-state index in [1.54, 1.807) is 6.07 Å². The van der Waals surface area contributed by atoms with Gasteiger partial charge in [-0.1, -0.05) is 60.5 Å². The Labute approximate surface area is 164 Å². The number of ether oxygens (including phenoxy) is 1. The predicted molar refractivity (Wildman–Crippen MR) is 110 cm³/mol. The fraction of sp³-hybridized carbons (Fsp3) is 0.182. The molecule has 0 spiro atoms. The second kappa shape index (κ2) is 8.98. The summed E-state index contributed by atoms with van der Waals surface area (Å²) >= 11 is 12.1. The molecule has 26 heavy (non-hydrogen) atoms. The number of hydrogen-bond donors (Lipinski definition) is 1. The van der Waals surface area contributed by atoms with Gasteiger partial charge in [0.05, 0.1) is 0 Å². The maximum atomic E-state index is 6.17. The molecule has 0 heterocycles. The summed E-state index contributed by atoms with van der Waals surface area (Å²) < 4.78 is 5.81. The lowest BCUT2D eigenvalue weighted by atomic mass is 10.1. The third kappa shape index (κ3) is 5.17. The molecule has 3 rings (SSSR count). The molecule has 0 unspecified atom stereocenters. The van der Waals surface area contributed by atoms with E-state index in [4.69, 9.17) is 27.9 Å². The fourth-order valence-electron chi connectivity index (χ4n) is 2.57. The zero-order valence-corrected chi connectivity index (χ0v) is 16.1. The highest BCUT2D eigenvalue weighted by atomic mass is 35.5. The van der Waals surface area contributed by atoms with Crippen LogP contribution in [0.2, 0.25) is 10.0 Å². The molecule has 0 aliphatic rings. The molecule has 3 aromatic rings. The van der Waals surface area contributed by atoms with Crippen LogP contribution >= 0.6 is 23.2 Å². The van der Waals surface area contributed by atoms with Crippen molar-refractivity contribution >= 4 is 28.9 Å². The van der Waals surface area contributed by atoms with E-state index in [1.807, 2.05) is 24.3 Å². The van der Waals surface area contributed by atoms with Crippen LogP contribution < -0.4 is 10.1 Å². The lowest BCUT2D eigenvalue weighted by molar-refractivity contribution is 0.306. The van der Waals surface area contributed by atoms with Gasteiger partial charge in [0.25, 0.3) is 0 Å². The van der Waals surface area contributed by atoms with Crippen LogP contribution in [-0.4, -0.2) is 0 Å². The maximum Gasteiger partial charge on any atom is 0.119 e. The van der Waals surface area contributed by atoms with Crippen molar-refractivity contribution in [2.45, 2.75) is 26.5 Å². The van der Waals surface area contributed by atoms with Gasteiger partial charge in [0, 0.05) is 27.8 Å². The molecule has 0 aliphatic carbocycles. The standard InChI is InChI=1S/C22H21Cl2NO/c1-2-16-3-9-20(10-4-16)25-14-17-5-11-21(12-6-17)26-15-18-7-8-19(23)13-22(18)24/h3-13,25H,2,14-15H2,1H3. The highest BCUT2D eigenvalue weighted by molar-refractivity contribution is 6.35. The van der Waals surface area contributed by atoms with Crippen LogP contribution in [0.3, 0.4) is 0 Å². The van der Waals surface area contributed by atoms with Crippen LogP contribution in [0.25, 0.3) is 0 Å². The van der Waals surface area contributed by atoms with Crippen LogP contribution in [0.5, 0.6) is 5.75 Å². The molecule has 0 aliphatic heterocycles. The van der Waals surface area contributed by atoms with E-state index in [-0.39, 0.29) is 0 Å². The lowest BCUT2D eigenvalue weighted by Gasteiger charge is -2.10. The van der Waals surface area contributed by atoms with E-state index in [0.29, 0.717) is 16.7 Å². The summed E-state index contributed by atoms with van der Waals surface area (Å²) in [6.07, 6.45) is 1.06. The summed E-state index contributed by atoms with van der Waals surface area (Å²) in [7, 11) is 0. The SMILES string of the molecule is CCc1ccc(NCc2ccc(OCc3ccc(Cl)cc3Cl)cc2)cc1. The molecule has 0 saturated carbocycles. The molecule has 3 aromatic carbocycles. The highest BCUT2D eigenvalue weighted by Gasteiger charge is 2.03. The van der Waals surface area contributed by atoms with E-state index in [9.17, 15) is 0 Å². The second-order valence-corrected chi connectivity index (χ2v) is 6.92. The molecule has 0 aromatic heterocycles. The van der Waals surface area contributed by atoms with Crippen molar-refractivity contribution < 1.29 is 4.74 Å². The number of anilines is 1. The van der Waals surface area contributed by atoms with Crippen LogP contribution in [0.1, 0.15) is 23.6 Å². The average Bonchev–Trinajstić information content (AvgIpc) is 2.67. The van der Waals surface area contributed by atoms with E-state index in [1.165, 1.54) is 11.1 Å². The Hall–Kier alpha value is -2.16. The number of nitrogens with one attached hydrogen (secondary N) is 1. The summed E-state index contributed by atoms with van der Waals surface area (Å²) in [5.41, 5.74) is 4.58. The maximum absolute atomic E-state index is 6.17. The first-order valence-electron chi connectivity index (χ1n) is 8.62. The molecule has 0 saturated heterocycles. The van der Waals surface area contributed by atoms with Crippen LogP contribution in [-0.2, 0) is 19.6 Å². The molecule has 0 atom stereocenters. The van der Waals surface area contributed by atoms with Crippen molar-refractivity contribution in [3.05, 3.63) is 93.5 Å². The van der Waals surface area contributed by atoms with Gasteiger partial charge in [-0.2, -0.15) is 0 Å². The van der Waals surface area contributed by atoms with Gasteiger partial charge < -0.3 is 10.1 Å². The van der Waals surface area contributed by atoms with E-state index in [0.717, 1.165) is 30.0 Å². The highest BCUT2D eigenvalue weighted by Crippen LogP contribution is 2.23. The molecular formula is C22H21Cl2NO. The molecule has 2 nitrogen and oxygen atoms in total. The molecule has 134 valence electrons. The van der Waals surface area contributed by atoms with Gasteiger partial charge in [0.2, 0.25) is 0 Å². The van der Waals surface area contributed by atoms with Crippen molar-refractivity contribution in [2.24, 2.45) is 0 Å². The number of rotatable bonds is 7. The van der Waals surface area contributed by atoms with Crippen LogP contribution in [0, 0.1) is 0 Å². The number of halogens is 2. The Morgan fingerprint density at radius 2 is 1.54 bits per heavy atom. The van der Waals surface area contributed by atoms with Crippen LogP contribution in [0.4, 0.5) is 5.69 Å². The minimum atomic E-state index is 0.414. The summed E-state index contributed by atoms with van der Waals surface area (Å²) in [4.78, 5) is 0. The Morgan fingerprint density at radius 1 is 0.846 bits per heavy atom. The Balaban J connectivity index is 1.52. The van der Waals surface area contributed by atoms with Gasteiger partial charge in [0.1, 0.15) is 12.4 Å². The van der Waals surface area contributed by atoms with Gasteiger partial charge in [-0.05, 0) is 53.9 Å². The van der Waals surface area contributed by atoms with Gasteiger partial charge in [-0.15, -0.1) is 0 Å². The fourth-order valence-corrected chi connectivity index (χ4v) is 3.03. The minimum absolute atomic E-state index is 0.414. The third-order valence-corrected chi connectivity index (χ3v) is 4.78. The molecular weight excluding hydrogens is 365 g/mol. The molecule has 4 heteroatoms. The Bertz CT molecular complexity index is 845. The van der Waals surface area contributed by atoms with Crippen molar-refractivity contribution in [1.82, 2.24) is 0 Å². The largest absolute Gasteiger partial charge is 0.489 e. The predicted octanol–water partition coefficient (Wildman–Crippen LogP) is 6.75. The smallest absolute Gasteiger partial charge is 0.119 e. The minimum Gasteiger partial charge on any atom is -0.489 e. The lowest BCUT2D eigenvalue weighted by Crippen LogP contribution is -2.00. The summed E-state index contributed by atoms with van der Waals surface area (Å²) in [5, 5.41) is 4.67. The van der Waals surface area contributed by atoms with Crippen molar-refractivity contribution in [3.8, 4) is 5.75 Å². The number of aryl methyl sites for hydroxylation is 1. The first-order chi connectivity index (χ1) is 12.6. The molecule has 0 amide bonds. The average molecular weight is 386 g/mol. The summed E-state index contributed by atoms with van der Waals surface area (Å²) in [6.45, 7) is 3.35. The van der Waals surface area contributed by atoms with Crippen molar-refractivity contribution in [1.29, 1.82) is 0 Å². The van der Waals surface area contributed by atoms with Crippen molar-refractivity contribution in [2.75, 3.05) is 5.32 Å². The van der Waals surface area contributed by atoms with E-state index < -0.39 is 0 Å². The van der Waals surface area contributed by atoms with Crippen LogP contribution in [0.15, 0.2) is 66.7 Å².